The van der Waals surface area contributed by atoms with E-state index in [1.807, 2.05) is 6.07 Å². The number of hydrogen-bond acceptors (Lipinski definition) is 5. The topological polar surface area (TPSA) is 93.2 Å². The SMILES string of the molecule is CC(=O)c1cc([N+](=O)[O-])ccc1OCCCCC#N. The van der Waals surface area contributed by atoms with Crippen molar-refractivity contribution < 1.29 is 14.5 Å². The molecule has 0 aliphatic rings. The molecule has 0 saturated heterocycles. The summed E-state index contributed by atoms with van der Waals surface area (Å²) in [7, 11) is 0. The maximum Gasteiger partial charge on any atom is 0.270 e. The minimum Gasteiger partial charge on any atom is -0.493 e. The summed E-state index contributed by atoms with van der Waals surface area (Å²) in [6.07, 6.45) is 1.88. The Bertz CT molecular complexity index is 520. The molecule has 0 spiro atoms. The third-order valence-corrected chi connectivity index (χ3v) is 2.49. The Balaban J connectivity index is 2.75. The molecular formula is C13H14N2O4. The zero-order chi connectivity index (χ0) is 14.3. The van der Waals surface area contributed by atoms with Crippen LogP contribution in [0, 0.1) is 21.4 Å². The molecule has 6 nitrogen and oxygen atoms in total. The smallest absolute Gasteiger partial charge is 0.270 e. The lowest BCUT2D eigenvalue weighted by molar-refractivity contribution is -0.384. The number of Topliss-reactive ketones (excluding diaryl/α,β-unsaturated/α-hetero) is 1. The molecule has 0 radical (unpaired) electrons. The van der Waals surface area contributed by atoms with Gasteiger partial charge in [-0.15, -0.1) is 0 Å². The van der Waals surface area contributed by atoms with Crippen LogP contribution in [0.15, 0.2) is 18.2 Å². The van der Waals surface area contributed by atoms with E-state index in [2.05, 4.69) is 0 Å². The second-order valence-electron chi connectivity index (χ2n) is 3.96. The van der Waals surface area contributed by atoms with Gasteiger partial charge in [0.15, 0.2) is 5.78 Å². The minimum absolute atomic E-state index is 0.137. The van der Waals surface area contributed by atoms with Crippen LogP contribution in [0.5, 0.6) is 5.75 Å². The Morgan fingerprint density at radius 2 is 2.21 bits per heavy atom. The molecule has 1 rings (SSSR count). The number of ether oxygens (including phenoxy) is 1. The fraction of sp³-hybridized carbons (Fsp3) is 0.385. The Morgan fingerprint density at radius 3 is 2.79 bits per heavy atom. The number of benzene rings is 1. The van der Waals surface area contributed by atoms with E-state index >= 15 is 0 Å². The fourth-order valence-corrected chi connectivity index (χ4v) is 1.52. The van der Waals surface area contributed by atoms with Gasteiger partial charge >= 0.3 is 0 Å². The summed E-state index contributed by atoms with van der Waals surface area (Å²) in [6, 6.07) is 5.98. The first-order valence-corrected chi connectivity index (χ1v) is 5.85. The number of nitrogens with zero attached hydrogens (tertiary/aromatic N) is 2. The molecule has 0 saturated carbocycles. The maximum atomic E-state index is 11.4. The van der Waals surface area contributed by atoms with Gasteiger partial charge in [-0.2, -0.15) is 5.26 Å². The Morgan fingerprint density at radius 1 is 1.47 bits per heavy atom. The van der Waals surface area contributed by atoms with Gasteiger partial charge in [0, 0.05) is 18.6 Å². The normalized spacial score (nSPS) is 9.68. The Labute approximate surface area is 110 Å². The van der Waals surface area contributed by atoms with E-state index in [9.17, 15) is 14.9 Å². The van der Waals surface area contributed by atoms with Crippen LogP contribution in [0.25, 0.3) is 0 Å². The number of nitriles is 1. The molecule has 1 aromatic carbocycles. The zero-order valence-corrected chi connectivity index (χ0v) is 10.6. The number of carbonyl (C=O) groups excluding carboxylic acids is 1. The van der Waals surface area contributed by atoms with Gasteiger partial charge in [0.2, 0.25) is 0 Å². The summed E-state index contributed by atoms with van der Waals surface area (Å²) >= 11 is 0. The van der Waals surface area contributed by atoms with Crippen LogP contribution in [-0.4, -0.2) is 17.3 Å². The first-order chi connectivity index (χ1) is 9.06. The number of hydrogen-bond donors (Lipinski definition) is 0. The molecule has 0 unspecified atom stereocenters. The van der Waals surface area contributed by atoms with E-state index in [0.29, 0.717) is 25.2 Å². The summed E-state index contributed by atoms with van der Waals surface area (Å²) in [5.74, 6) is 0.0609. The summed E-state index contributed by atoms with van der Waals surface area (Å²) in [4.78, 5) is 21.5. The molecular weight excluding hydrogens is 248 g/mol. The molecule has 1 aromatic rings. The number of ketones is 1. The number of nitro benzene ring substituents is 1. The van der Waals surface area contributed by atoms with Crippen molar-refractivity contribution in [2.45, 2.75) is 26.2 Å². The lowest BCUT2D eigenvalue weighted by Gasteiger charge is -2.09. The Hall–Kier alpha value is -2.42. The maximum absolute atomic E-state index is 11.4. The van der Waals surface area contributed by atoms with E-state index in [4.69, 9.17) is 10.00 Å². The van der Waals surface area contributed by atoms with Gasteiger partial charge in [-0.1, -0.05) is 0 Å². The summed E-state index contributed by atoms with van der Waals surface area (Å²) in [5, 5.41) is 19.0. The van der Waals surface area contributed by atoms with Gasteiger partial charge in [-0.3, -0.25) is 14.9 Å². The predicted octanol–water partition coefficient (Wildman–Crippen LogP) is 2.87. The quantitative estimate of drug-likeness (QED) is 0.326. The van der Waals surface area contributed by atoms with Crippen molar-refractivity contribution in [3.8, 4) is 11.8 Å². The zero-order valence-electron chi connectivity index (χ0n) is 10.6. The highest BCUT2D eigenvalue weighted by Crippen LogP contribution is 2.24. The van der Waals surface area contributed by atoms with Crippen molar-refractivity contribution in [1.82, 2.24) is 0 Å². The minimum atomic E-state index is -0.552. The van der Waals surface area contributed by atoms with Gasteiger partial charge in [0.05, 0.1) is 23.2 Å². The monoisotopic (exact) mass is 262 g/mol. The summed E-state index contributed by atoms with van der Waals surface area (Å²) in [6.45, 7) is 1.71. The molecule has 0 N–H and O–H groups in total. The molecule has 0 aliphatic heterocycles. The van der Waals surface area contributed by atoms with Crippen molar-refractivity contribution in [2.75, 3.05) is 6.61 Å². The van der Waals surface area contributed by atoms with E-state index in [0.717, 1.165) is 6.42 Å². The summed E-state index contributed by atoms with van der Waals surface area (Å²) < 4.78 is 5.43. The number of rotatable bonds is 7. The highest BCUT2D eigenvalue weighted by atomic mass is 16.6. The average Bonchev–Trinajstić information content (AvgIpc) is 2.38. The molecule has 0 fully saturated rings. The van der Waals surface area contributed by atoms with Gasteiger partial charge in [0.1, 0.15) is 5.75 Å². The second-order valence-corrected chi connectivity index (χ2v) is 3.96. The van der Waals surface area contributed by atoms with Crippen molar-refractivity contribution in [3.05, 3.63) is 33.9 Å². The number of unbranched alkanes of at least 4 members (excludes halogenated alkanes) is 2. The van der Waals surface area contributed by atoms with Crippen molar-refractivity contribution >= 4 is 11.5 Å². The van der Waals surface area contributed by atoms with Crippen LogP contribution in [0.3, 0.4) is 0 Å². The van der Waals surface area contributed by atoms with Crippen molar-refractivity contribution in [3.63, 3.8) is 0 Å². The highest BCUT2D eigenvalue weighted by molar-refractivity contribution is 5.97. The van der Waals surface area contributed by atoms with E-state index in [-0.39, 0.29) is 17.0 Å². The molecule has 0 aromatic heterocycles. The van der Waals surface area contributed by atoms with Gasteiger partial charge in [0.25, 0.3) is 5.69 Å². The summed E-state index contributed by atoms with van der Waals surface area (Å²) in [5.41, 5.74) is 0.0662. The molecule has 0 amide bonds. The lowest BCUT2D eigenvalue weighted by atomic mass is 10.1. The van der Waals surface area contributed by atoms with Gasteiger partial charge < -0.3 is 4.74 Å². The van der Waals surface area contributed by atoms with Crippen LogP contribution in [0.2, 0.25) is 0 Å². The van der Waals surface area contributed by atoms with Crippen LogP contribution in [0.4, 0.5) is 5.69 Å². The fourth-order valence-electron chi connectivity index (χ4n) is 1.52. The van der Waals surface area contributed by atoms with Crippen LogP contribution < -0.4 is 4.74 Å². The van der Waals surface area contributed by atoms with Crippen LogP contribution in [-0.2, 0) is 0 Å². The molecule has 0 aliphatic carbocycles. The predicted molar refractivity (Wildman–Crippen MR) is 68.1 cm³/mol. The first-order valence-electron chi connectivity index (χ1n) is 5.85. The van der Waals surface area contributed by atoms with Gasteiger partial charge in [-0.05, 0) is 25.8 Å². The van der Waals surface area contributed by atoms with Crippen LogP contribution in [0.1, 0.15) is 36.5 Å². The third-order valence-electron chi connectivity index (χ3n) is 2.49. The van der Waals surface area contributed by atoms with Gasteiger partial charge in [-0.25, -0.2) is 0 Å². The first kappa shape index (κ1) is 14.6. The lowest BCUT2D eigenvalue weighted by Crippen LogP contribution is -2.04. The Kier molecular flexibility index (Phi) is 5.48. The van der Waals surface area contributed by atoms with E-state index < -0.39 is 4.92 Å². The number of carbonyl (C=O) groups is 1. The second kappa shape index (κ2) is 7.11. The number of nitro groups is 1. The van der Waals surface area contributed by atoms with Crippen molar-refractivity contribution in [2.24, 2.45) is 0 Å². The van der Waals surface area contributed by atoms with E-state index in [1.54, 1.807) is 0 Å². The largest absolute Gasteiger partial charge is 0.493 e. The molecule has 0 bridgehead atoms. The van der Waals surface area contributed by atoms with Crippen LogP contribution >= 0.6 is 0 Å². The molecule has 6 heteroatoms. The third kappa shape index (κ3) is 4.39. The average molecular weight is 262 g/mol. The van der Waals surface area contributed by atoms with E-state index in [1.165, 1.54) is 25.1 Å². The van der Waals surface area contributed by atoms with Crippen molar-refractivity contribution in [1.29, 1.82) is 5.26 Å². The highest BCUT2D eigenvalue weighted by Gasteiger charge is 2.14. The molecule has 0 atom stereocenters. The molecule has 0 heterocycles. The number of non-ortho nitro benzene ring substituents is 1. The standard InChI is InChI=1S/C13H14N2O4/c1-10(16)12-9-11(15(17)18)5-6-13(12)19-8-4-2-3-7-14/h5-6,9H,2-4,8H2,1H3. The molecule has 19 heavy (non-hydrogen) atoms. The molecule has 100 valence electrons.